The van der Waals surface area contributed by atoms with Crippen molar-refractivity contribution in [2.24, 2.45) is 12.8 Å². The molecule has 0 spiro atoms. The highest BCUT2D eigenvalue weighted by Gasteiger charge is 2.21. The highest BCUT2D eigenvalue weighted by atomic mass is 16.4. The average molecular weight is 336 g/mol. The van der Waals surface area contributed by atoms with Gasteiger partial charge in [-0.15, -0.1) is 0 Å². The number of para-hydroxylation sites is 1. The molecule has 0 amide bonds. The van der Waals surface area contributed by atoms with E-state index in [2.05, 4.69) is 0 Å². The van der Waals surface area contributed by atoms with E-state index < -0.39 is 12.0 Å². The Morgan fingerprint density at radius 1 is 1.12 bits per heavy atom. The molecule has 3 rings (SSSR count). The number of nitrogens with two attached hydrogens (primary N) is 1. The Bertz CT molecular complexity index is 990. The van der Waals surface area contributed by atoms with Gasteiger partial charge in [-0.1, -0.05) is 49.4 Å². The van der Waals surface area contributed by atoms with Gasteiger partial charge in [0, 0.05) is 18.5 Å². The number of benzene rings is 2. The van der Waals surface area contributed by atoms with E-state index in [1.54, 1.807) is 18.5 Å². The van der Waals surface area contributed by atoms with Gasteiger partial charge in [-0.3, -0.25) is 9.59 Å². The molecule has 0 radical (unpaired) electrons. The number of hydrogen-bond donors (Lipinski definition) is 2. The first-order chi connectivity index (χ1) is 11.9. The van der Waals surface area contributed by atoms with E-state index >= 15 is 0 Å². The number of aliphatic carboxylic acids is 1. The van der Waals surface area contributed by atoms with Crippen molar-refractivity contribution in [2.45, 2.75) is 18.9 Å². The summed E-state index contributed by atoms with van der Waals surface area (Å²) in [5.74, 6) is -1.34. The molecule has 5 nitrogen and oxygen atoms in total. The molecule has 128 valence electrons. The predicted octanol–water partition coefficient (Wildman–Crippen LogP) is 2.72. The molecule has 0 aliphatic carbocycles. The Labute approximate surface area is 145 Å². The molecule has 0 bridgehead atoms. The van der Waals surface area contributed by atoms with Crippen LogP contribution >= 0.6 is 0 Å². The van der Waals surface area contributed by atoms with E-state index in [9.17, 15) is 9.59 Å². The lowest BCUT2D eigenvalue weighted by Gasteiger charge is -2.16. The molecule has 0 aliphatic heterocycles. The van der Waals surface area contributed by atoms with Crippen LogP contribution in [0, 0.1) is 0 Å². The van der Waals surface area contributed by atoms with Gasteiger partial charge in [0.15, 0.2) is 0 Å². The lowest BCUT2D eigenvalue weighted by molar-refractivity contribution is -0.139. The van der Waals surface area contributed by atoms with Crippen molar-refractivity contribution < 1.29 is 9.90 Å². The number of carboxylic acid groups (broad SMARTS) is 1. The third kappa shape index (κ3) is 3.06. The fraction of sp³-hybridized carbons (Fsp3) is 0.200. The molecular formula is C20H20N2O3. The van der Waals surface area contributed by atoms with E-state index in [4.69, 9.17) is 10.8 Å². The van der Waals surface area contributed by atoms with Crippen LogP contribution in [-0.2, 0) is 11.8 Å². The van der Waals surface area contributed by atoms with Gasteiger partial charge >= 0.3 is 5.97 Å². The summed E-state index contributed by atoms with van der Waals surface area (Å²) in [6, 6.07) is 16.0. The van der Waals surface area contributed by atoms with E-state index in [-0.39, 0.29) is 11.5 Å². The maximum Gasteiger partial charge on any atom is 0.321 e. The van der Waals surface area contributed by atoms with Crippen molar-refractivity contribution >= 4 is 16.9 Å². The molecule has 2 aromatic carbocycles. The summed E-state index contributed by atoms with van der Waals surface area (Å²) >= 11 is 0. The van der Waals surface area contributed by atoms with Crippen LogP contribution in [0.4, 0.5) is 0 Å². The van der Waals surface area contributed by atoms with Crippen LogP contribution in [0.15, 0.2) is 59.4 Å². The smallest absolute Gasteiger partial charge is 0.321 e. The molecule has 0 aliphatic rings. The normalized spacial score (nSPS) is 13.6. The van der Waals surface area contributed by atoms with Crippen molar-refractivity contribution in [3.8, 4) is 11.1 Å². The molecule has 5 heteroatoms. The third-order valence-corrected chi connectivity index (χ3v) is 4.70. The second kappa shape index (κ2) is 6.53. The molecule has 3 N–H and O–H groups in total. The van der Waals surface area contributed by atoms with Crippen LogP contribution in [-0.4, -0.2) is 21.7 Å². The van der Waals surface area contributed by atoms with Crippen LogP contribution in [0.5, 0.6) is 0 Å². The summed E-state index contributed by atoms with van der Waals surface area (Å²) in [4.78, 5) is 23.7. The number of aromatic nitrogens is 1. The fourth-order valence-electron chi connectivity index (χ4n) is 3.02. The molecule has 25 heavy (non-hydrogen) atoms. The number of pyridine rings is 1. The summed E-state index contributed by atoms with van der Waals surface area (Å²) in [6.07, 6.45) is 0. The van der Waals surface area contributed by atoms with Gasteiger partial charge in [-0.2, -0.15) is 0 Å². The summed E-state index contributed by atoms with van der Waals surface area (Å²) in [7, 11) is 1.76. The Morgan fingerprint density at radius 3 is 2.40 bits per heavy atom. The van der Waals surface area contributed by atoms with Crippen LogP contribution < -0.4 is 11.3 Å². The third-order valence-electron chi connectivity index (χ3n) is 4.70. The van der Waals surface area contributed by atoms with Gasteiger partial charge in [0.1, 0.15) is 6.04 Å². The van der Waals surface area contributed by atoms with E-state index in [0.29, 0.717) is 5.56 Å². The summed E-state index contributed by atoms with van der Waals surface area (Å²) in [5.41, 5.74) is 8.75. The Balaban J connectivity index is 2.03. The first kappa shape index (κ1) is 16.9. The number of carbonyl (C=O) groups is 1. The molecule has 0 saturated heterocycles. The maximum absolute atomic E-state index is 12.7. The van der Waals surface area contributed by atoms with Gasteiger partial charge in [0.05, 0.1) is 5.52 Å². The highest BCUT2D eigenvalue weighted by molar-refractivity contribution is 5.84. The second-order valence-corrected chi connectivity index (χ2v) is 6.26. The monoisotopic (exact) mass is 336 g/mol. The van der Waals surface area contributed by atoms with Crippen LogP contribution in [0.3, 0.4) is 0 Å². The van der Waals surface area contributed by atoms with Gasteiger partial charge in [-0.25, -0.2) is 0 Å². The van der Waals surface area contributed by atoms with Crippen molar-refractivity contribution in [3.63, 3.8) is 0 Å². The van der Waals surface area contributed by atoms with E-state index in [1.807, 2.05) is 54.6 Å². The molecule has 3 aromatic rings. The number of aryl methyl sites for hydroxylation is 1. The van der Waals surface area contributed by atoms with Gasteiger partial charge in [0.25, 0.3) is 5.56 Å². The number of nitrogens with zero attached hydrogens (tertiary/aromatic N) is 1. The minimum absolute atomic E-state index is 0.0678. The topological polar surface area (TPSA) is 85.3 Å². The highest BCUT2D eigenvalue weighted by Crippen LogP contribution is 2.24. The average Bonchev–Trinajstić information content (AvgIpc) is 2.63. The fourth-order valence-corrected chi connectivity index (χ4v) is 3.02. The Kier molecular flexibility index (Phi) is 4.42. The first-order valence-electron chi connectivity index (χ1n) is 8.07. The first-order valence-corrected chi connectivity index (χ1v) is 8.07. The lowest BCUT2D eigenvalue weighted by Crippen LogP contribution is -2.35. The van der Waals surface area contributed by atoms with Crippen molar-refractivity contribution in [3.05, 3.63) is 70.5 Å². The minimum Gasteiger partial charge on any atom is -0.480 e. The van der Waals surface area contributed by atoms with E-state index in [0.717, 1.165) is 22.0 Å². The molecule has 0 fully saturated rings. The maximum atomic E-state index is 12.7. The number of fused-ring (bicyclic) bond motifs is 1. The standard InChI is InChI=1S/C20H20N2O3/c1-12(18(21)20(24)25)13-7-9-14(10-8-13)16-11-15-5-3-4-6-17(15)22(2)19(16)23/h3-12,18H,21H2,1-2H3,(H,24,25)/t12?,18-/m0/s1. The number of hydrogen-bond acceptors (Lipinski definition) is 3. The molecule has 1 unspecified atom stereocenters. The van der Waals surface area contributed by atoms with Gasteiger partial charge in [0.2, 0.25) is 0 Å². The molecular weight excluding hydrogens is 316 g/mol. The number of carboxylic acids is 1. The van der Waals surface area contributed by atoms with Crippen LogP contribution in [0.1, 0.15) is 18.4 Å². The predicted molar refractivity (Wildman–Crippen MR) is 98.7 cm³/mol. The van der Waals surface area contributed by atoms with E-state index in [1.165, 1.54) is 0 Å². The quantitative estimate of drug-likeness (QED) is 0.767. The van der Waals surface area contributed by atoms with Gasteiger partial charge < -0.3 is 15.4 Å². The Morgan fingerprint density at radius 2 is 1.76 bits per heavy atom. The number of rotatable bonds is 4. The summed E-state index contributed by atoms with van der Waals surface area (Å²) in [5, 5.41) is 10.0. The SMILES string of the molecule is CC(c1ccc(-c2cc3ccccc3n(C)c2=O)cc1)[C@H](N)C(=O)O. The van der Waals surface area contributed by atoms with Crippen molar-refractivity contribution in [1.29, 1.82) is 0 Å². The minimum atomic E-state index is -1.03. The largest absolute Gasteiger partial charge is 0.480 e. The molecule has 1 heterocycles. The zero-order valence-electron chi connectivity index (χ0n) is 14.1. The zero-order chi connectivity index (χ0) is 18.1. The lowest BCUT2D eigenvalue weighted by atomic mass is 9.92. The van der Waals surface area contributed by atoms with Crippen molar-refractivity contribution in [2.75, 3.05) is 0 Å². The summed E-state index contributed by atoms with van der Waals surface area (Å²) in [6.45, 7) is 1.78. The summed E-state index contributed by atoms with van der Waals surface area (Å²) < 4.78 is 1.64. The Hall–Kier alpha value is -2.92. The van der Waals surface area contributed by atoms with Crippen molar-refractivity contribution in [1.82, 2.24) is 4.57 Å². The van der Waals surface area contributed by atoms with Gasteiger partial charge in [-0.05, 0) is 28.6 Å². The molecule has 0 saturated carbocycles. The molecule has 1 aromatic heterocycles. The second-order valence-electron chi connectivity index (χ2n) is 6.26. The molecule has 2 atom stereocenters. The van der Waals surface area contributed by atoms with Crippen LogP contribution in [0.2, 0.25) is 0 Å². The van der Waals surface area contributed by atoms with Crippen LogP contribution in [0.25, 0.3) is 22.0 Å². The zero-order valence-corrected chi connectivity index (χ0v) is 14.1.